The van der Waals surface area contributed by atoms with Crippen molar-refractivity contribution in [2.45, 2.75) is 64.6 Å². The fourth-order valence-corrected chi connectivity index (χ4v) is 3.82. The van der Waals surface area contributed by atoms with Gasteiger partial charge in [-0.05, 0) is 24.8 Å². The lowest BCUT2D eigenvalue weighted by atomic mass is 9.91. The summed E-state index contributed by atoms with van der Waals surface area (Å²) in [5.74, 6) is -1.08. The van der Waals surface area contributed by atoms with Crippen molar-refractivity contribution >= 4 is 17.5 Å². The SMILES string of the molecule is COC[C@H](CC(=O)[C@H](COC)NC(C)C)C(=O)N[C@@H](Cc1ccccc1)C(=O)C1(C)CC1. The lowest BCUT2D eigenvalue weighted by Crippen LogP contribution is -2.49. The number of carbonyl (C=O) groups excluding carboxylic acids is 3. The molecule has 0 unspecified atom stereocenters. The van der Waals surface area contributed by atoms with Gasteiger partial charge in [-0.15, -0.1) is 0 Å². The van der Waals surface area contributed by atoms with Crippen LogP contribution < -0.4 is 10.6 Å². The summed E-state index contributed by atoms with van der Waals surface area (Å²) in [5, 5.41) is 6.13. The van der Waals surface area contributed by atoms with E-state index in [2.05, 4.69) is 10.6 Å². The zero-order chi connectivity index (χ0) is 23.7. The van der Waals surface area contributed by atoms with E-state index in [1.165, 1.54) is 7.11 Å². The first-order valence-corrected chi connectivity index (χ1v) is 11.4. The van der Waals surface area contributed by atoms with Crippen LogP contribution in [0, 0.1) is 11.3 Å². The van der Waals surface area contributed by atoms with Gasteiger partial charge in [-0.1, -0.05) is 51.1 Å². The van der Waals surface area contributed by atoms with Crippen LogP contribution in [0.15, 0.2) is 30.3 Å². The molecule has 178 valence electrons. The van der Waals surface area contributed by atoms with E-state index in [0.717, 1.165) is 18.4 Å². The quantitative estimate of drug-likeness (QED) is 0.429. The second-order valence-electron chi connectivity index (χ2n) is 9.33. The van der Waals surface area contributed by atoms with Gasteiger partial charge < -0.3 is 20.1 Å². The first kappa shape index (κ1) is 26.2. The highest BCUT2D eigenvalue weighted by atomic mass is 16.5. The van der Waals surface area contributed by atoms with E-state index in [0.29, 0.717) is 6.42 Å². The van der Waals surface area contributed by atoms with Crippen LogP contribution in [0.1, 0.15) is 45.6 Å². The predicted octanol–water partition coefficient (Wildman–Crippen LogP) is 2.32. The summed E-state index contributed by atoms with van der Waals surface area (Å²) in [6, 6.07) is 8.62. The molecule has 2 N–H and O–H groups in total. The Balaban J connectivity index is 2.12. The fourth-order valence-electron chi connectivity index (χ4n) is 3.82. The van der Waals surface area contributed by atoms with Gasteiger partial charge in [-0.2, -0.15) is 0 Å². The maximum atomic E-state index is 13.2. The van der Waals surface area contributed by atoms with E-state index in [1.807, 2.05) is 51.1 Å². The van der Waals surface area contributed by atoms with Crippen molar-refractivity contribution in [3.8, 4) is 0 Å². The zero-order valence-electron chi connectivity index (χ0n) is 20.0. The highest BCUT2D eigenvalue weighted by Gasteiger charge is 2.48. The first-order chi connectivity index (χ1) is 15.2. The number of ether oxygens (including phenoxy) is 2. The van der Waals surface area contributed by atoms with Crippen molar-refractivity contribution in [2.24, 2.45) is 11.3 Å². The number of methoxy groups -OCH3 is 2. The summed E-state index contributed by atoms with van der Waals surface area (Å²) in [6.07, 6.45) is 2.12. The summed E-state index contributed by atoms with van der Waals surface area (Å²) in [7, 11) is 3.04. The Kier molecular flexibility index (Phi) is 10.0. The molecule has 7 nitrogen and oxygen atoms in total. The van der Waals surface area contributed by atoms with E-state index < -0.39 is 18.0 Å². The number of amides is 1. The molecule has 7 heteroatoms. The molecule has 1 amide bonds. The second kappa shape index (κ2) is 12.2. The molecule has 1 saturated carbocycles. The van der Waals surface area contributed by atoms with E-state index in [9.17, 15) is 14.4 Å². The molecule has 0 aromatic heterocycles. The van der Waals surface area contributed by atoms with Crippen molar-refractivity contribution in [2.75, 3.05) is 27.4 Å². The van der Waals surface area contributed by atoms with Gasteiger partial charge in [0.15, 0.2) is 11.6 Å². The van der Waals surface area contributed by atoms with Crippen LogP contribution >= 0.6 is 0 Å². The van der Waals surface area contributed by atoms with Crippen LogP contribution in [0.3, 0.4) is 0 Å². The van der Waals surface area contributed by atoms with E-state index in [4.69, 9.17) is 9.47 Å². The van der Waals surface area contributed by atoms with Crippen LogP contribution in [0.4, 0.5) is 0 Å². The number of benzene rings is 1. The van der Waals surface area contributed by atoms with Gasteiger partial charge in [0, 0.05) is 32.1 Å². The number of hydrogen-bond donors (Lipinski definition) is 2. The van der Waals surface area contributed by atoms with Crippen LogP contribution in [0.5, 0.6) is 0 Å². The molecule has 32 heavy (non-hydrogen) atoms. The van der Waals surface area contributed by atoms with Gasteiger partial charge in [0.2, 0.25) is 5.91 Å². The molecule has 1 aromatic carbocycles. The Morgan fingerprint density at radius 2 is 1.62 bits per heavy atom. The highest BCUT2D eigenvalue weighted by Crippen LogP contribution is 2.46. The maximum Gasteiger partial charge on any atom is 0.226 e. The minimum Gasteiger partial charge on any atom is -0.384 e. The highest BCUT2D eigenvalue weighted by molar-refractivity contribution is 5.96. The standard InChI is InChI=1S/C25H38N2O5/c1-17(2)26-21(16-32-5)22(28)14-19(15-31-4)24(30)27-20(23(29)25(3)11-12-25)13-18-9-7-6-8-10-18/h6-10,17,19-21,26H,11-16H2,1-5H3,(H,27,30)/t19-,20-,21-/m0/s1. The van der Waals surface area contributed by atoms with Crippen LogP contribution in [-0.2, 0) is 30.3 Å². The molecule has 0 aliphatic heterocycles. The van der Waals surface area contributed by atoms with Gasteiger partial charge in [0.1, 0.15) is 0 Å². The summed E-state index contributed by atoms with van der Waals surface area (Å²) in [5.41, 5.74) is 0.611. The summed E-state index contributed by atoms with van der Waals surface area (Å²) in [6.45, 7) is 6.18. The van der Waals surface area contributed by atoms with Crippen LogP contribution in [0.2, 0.25) is 0 Å². The predicted molar refractivity (Wildman–Crippen MR) is 123 cm³/mol. The van der Waals surface area contributed by atoms with Gasteiger partial charge in [0.25, 0.3) is 0 Å². The monoisotopic (exact) mass is 446 g/mol. The van der Waals surface area contributed by atoms with Gasteiger partial charge in [-0.3, -0.25) is 14.4 Å². The normalized spacial score (nSPS) is 17.4. The number of carbonyl (C=O) groups is 3. The number of hydrogen-bond acceptors (Lipinski definition) is 6. The van der Waals surface area contributed by atoms with E-state index in [-0.39, 0.29) is 48.6 Å². The number of nitrogens with one attached hydrogen (secondary N) is 2. The van der Waals surface area contributed by atoms with Gasteiger partial charge in [0.05, 0.1) is 31.2 Å². The second-order valence-corrected chi connectivity index (χ2v) is 9.33. The average molecular weight is 447 g/mol. The lowest BCUT2D eigenvalue weighted by Gasteiger charge is -2.25. The molecular weight excluding hydrogens is 408 g/mol. The molecule has 2 rings (SSSR count). The number of ketones is 2. The minimum absolute atomic E-state index is 0.0108. The molecule has 0 bridgehead atoms. The Bertz CT molecular complexity index is 761. The average Bonchev–Trinajstić information content (AvgIpc) is 3.51. The summed E-state index contributed by atoms with van der Waals surface area (Å²) in [4.78, 5) is 39.2. The molecule has 1 aromatic rings. The number of rotatable bonds is 15. The first-order valence-electron chi connectivity index (χ1n) is 11.4. The molecule has 0 heterocycles. The van der Waals surface area contributed by atoms with Crippen molar-refractivity contribution in [3.05, 3.63) is 35.9 Å². The summed E-state index contributed by atoms with van der Waals surface area (Å²) < 4.78 is 10.4. The summed E-state index contributed by atoms with van der Waals surface area (Å²) >= 11 is 0. The van der Waals surface area contributed by atoms with Crippen molar-refractivity contribution in [3.63, 3.8) is 0 Å². The van der Waals surface area contributed by atoms with Gasteiger partial charge in [-0.25, -0.2) is 0 Å². The Morgan fingerprint density at radius 3 is 2.16 bits per heavy atom. The molecule has 3 atom stereocenters. The Hall–Kier alpha value is -2.09. The zero-order valence-corrected chi connectivity index (χ0v) is 20.0. The Morgan fingerprint density at radius 1 is 1.00 bits per heavy atom. The number of Topliss-reactive ketones (excluding diaryl/α,β-unsaturated/α-hetero) is 2. The third kappa shape index (κ3) is 7.80. The fraction of sp³-hybridized carbons (Fsp3) is 0.640. The molecule has 0 saturated heterocycles. The molecule has 1 aliphatic rings. The van der Waals surface area contributed by atoms with Crippen molar-refractivity contribution in [1.29, 1.82) is 0 Å². The molecule has 1 aliphatic carbocycles. The Labute approximate surface area is 191 Å². The molecule has 1 fully saturated rings. The molecule has 0 radical (unpaired) electrons. The lowest BCUT2D eigenvalue weighted by molar-refractivity contribution is -0.135. The molecule has 0 spiro atoms. The van der Waals surface area contributed by atoms with Crippen molar-refractivity contribution in [1.82, 2.24) is 10.6 Å². The topological polar surface area (TPSA) is 93.7 Å². The van der Waals surface area contributed by atoms with Crippen LogP contribution in [0.25, 0.3) is 0 Å². The third-order valence-electron chi connectivity index (χ3n) is 5.95. The van der Waals surface area contributed by atoms with E-state index in [1.54, 1.807) is 7.11 Å². The largest absolute Gasteiger partial charge is 0.384 e. The van der Waals surface area contributed by atoms with Crippen LogP contribution in [-0.4, -0.2) is 63.0 Å². The van der Waals surface area contributed by atoms with E-state index >= 15 is 0 Å². The molecular formula is C25H38N2O5. The van der Waals surface area contributed by atoms with Crippen molar-refractivity contribution < 1.29 is 23.9 Å². The third-order valence-corrected chi connectivity index (χ3v) is 5.95. The maximum absolute atomic E-state index is 13.2. The van der Waals surface area contributed by atoms with Gasteiger partial charge >= 0.3 is 0 Å². The smallest absolute Gasteiger partial charge is 0.226 e. The minimum atomic E-state index is -0.682.